The second-order valence-corrected chi connectivity index (χ2v) is 5.15. The summed E-state index contributed by atoms with van der Waals surface area (Å²) in [4.78, 5) is 12.6. The predicted octanol–water partition coefficient (Wildman–Crippen LogP) is 1.90. The van der Waals surface area contributed by atoms with E-state index in [-0.39, 0.29) is 11.8 Å². The van der Waals surface area contributed by atoms with Gasteiger partial charge in [0, 0.05) is 11.1 Å². The molecule has 1 aliphatic heterocycles. The van der Waals surface area contributed by atoms with Crippen LogP contribution in [0, 0.1) is 5.41 Å². The molecule has 1 heterocycles. The molecular weight excluding hydrogens is 254 g/mol. The quantitative estimate of drug-likeness (QED) is 0.852. The molecule has 1 saturated heterocycles. The Morgan fingerprint density at radius 1 is 1.61 bits per heavy atom. The number of hydrogen-bond acceptors (Lipinski definition) is 4. The molecule has 2 rings (SSSR count). The van der Waals surface area contributed by atoms with Crippen molar-refractivity contribution in [3.05, 3.63) is 28.8 Å². The van der Waals surface area contributed by atoms with Crippen molar-refractivity contribution in [2.45, 2.75) is 13.0 Å². The van der Waals surface area contributed by atoms with E-state index in [1.54, 1.807) is 18.2 Å². The molecule has 0 radical (unpaired) electrons. The van der Waals surface area contributed by atoms with E-state index in [0.717, 1.165) is 0 Å². The number of halogens is 1. The Hall–Kier alpha value is -1.10. The summed E-state index contributed by atoms with van der Waals surface area (Å²) in [5, 5.41) is 0.496. The highest BCUT2D eigenvalue weighted by molar-refractivity contribution is 6.31. The van der Waals surface area contributed by atoms with E-state index in [9.17, 15) is 4.79 Å². The lowest BCUT2D eigenvalue weighted by atomic mass is 9.78. The molecule has 0 aliphatic carbocycles. The van der Waals surface area contributed by atoms with Crippen LogP contribution in [-0.2, 0) is 4.74 Å². The maximum atomic E-state index is 12.6. The van der Waals surface area contributed by atoms with Gasteiger partial charge in [-0.3, -0.25) is 4.79 Å². The first-order valence-corrected chi connectivity index (χ1v) is 6.08. The van der Waals surface area contributed by atoms with Crippen LogP contribution in [0.25, 0.3) is 0 Å². The van der Waals surface area contributed by atoms with Crippen LogP contribution in [0.2, 0.25) is 5.02 Å². The van der Waals surface area contributed by atoms with Crippen molar-refractivity contribution in [2.24, 2.45) is 11.1 Å². The van der Waals surface area contributed by atoms with Crippen LogP contribution in [0.1, 0.15) is 17.3 Å². The minimum atomic E-state index is -0.724. The second kappa shape index (κ2) is 4.88. The summed E-state index contributed by atoms with van der Waals surface area (Å²) in [7, 11) is 1.52. The minimum Gasteiger partial charge on any atom is -0.496 e. The lowest BCUT2D eigenvalue weighted by Gasteiger charge is -2.25. The van der Waals surface area contributed by atoms with Crippen molar-refractivity contribution in [1.29, 1.82) is 0 Å². The lowest BCUT2D eigenvalue weighted by molar-refractivity contribution is 0.0764. The van der Waals surface area contributed by atoms with Gasteiger partial charge < -0.3 is 15.2 Å². The van der Waals surface area contributed by atoms with Crippen LogP contribution in [0.4, 0.5) is 0 Å². The Bertz CT molecular complexity index is 477. The van der Waals surface area contributed by atoms with E-state index >= 15 is 0 Å². The van der Waals surface area contributed by atoms with E-state index in [2.05, 4.69) is 0 Å². The van der Waals surface area contributed by atoms with Crippen LogP contribution in [0.3, 0.4) is 0 Å². The third kappa shape index (κ3) is 2.11. The summed E-state index contributed by atoms with van der Waals surface area (Å²) in [5.41, 5.74) is 5.69. The zero-order chi connectivity index (χ0) is 13.3. The summed E-state index contributed by atoms with van der Waals surface area (Å²) >= 11 is 5.94. The largest absolute Gasteiger partial charge is 0.496 e. The van der Waals surface area contributed by atoms with E-state index in [4.69, 9.17) is 26.8 Å². The first-order chi connectivity index (χ1) is 8.49. The molecule has 1 aromatic carbocycles. The number of carbonyl (C=O) groups is 1. The van der Waals surface area contributed by atoms with Crippen LogP contribution in [-0.4, -0.2) is 32.1 Å². The van der Waals surface area contributed by atoms with E-state index in [1.807, 2.05) is 6.92 Å². The van der Waals surface area contributed by atoms with Crippen molar-refractivity contribution in [1.82, 2.24) is 0 Å². The fraction of sp³-hybridized carbons (Fsp3) is 0.462. The normalized spacial score (nSPS) is 27.2. The predicted molar refractivity (Wildman–Crippen MR) is 69.2 cm³/mol. The van der Waals surface area contributed by atoms with Gasteiger partial charge in [-0.25, -0.2) is 0 Å². The molecule has 2 unspecified atom stereocenters. The molecular formula is C13H16ClNO3. The van der Waals surface area contributed by atoms with Crippen molar-refractivity contribution in [2.75, 3.05) is 20.3 Å². The number of nitrogens with two attached hydrogens (primary N) is 1. The molecule has 0 aromatic heterocycles. The molecule has 5 heteroatoms. The van der Waals surface area contributed by atoms with Crippen LogP contribution >= 0.6 is 11.6 Å². The molecule has 0 saturated carbocycles. The topological polar surface area (TPSA) is 61.5 Å². The number of hydrogen-bond donors (Lipinski definition) is 1. The average Bonchev–Trinajstić information content (AvgIpc) is 2.70. The van der Waals surface area contributed by atoms with Crippen LogP contribution in [0.5, 0.6) is 5.75 Å². The molecule has 0 spiro atoms. The molecule has 18 heavy (non-hydrogen) atoms. The maximum absolute atomic E-state index is 12.6. The van der Waals surface area contributed by atoms with Crippen LogP contribution < -0.4 is 10.5 Å². The van der Waals surface area contributed by atoms with Crippen molar-refractivity contribution in [3.8, 4) is 5.75 Å². The van der Waals surface area contributed by atoms with Gasteiger partial charge in [0.05, 0.1) is 31.3 Å². The molecule has 1 aliphatic rings. The Kier molecular flexibility index (Phi) is 3.61. The van der Waals surface area contributed by atoms with Gasteiger partial charge in [0.15, 0.2) is 5.78 Å². The van der Waals surface area contributed by atoms with Crippen LogP contribution in [0.15, 0.2) is 18.2 Å². The maximum Gasteiger partial charge on any atom is 0.176 e. The number of ether oxygens (including phenoxy) is 2. The first-order valence-electron chi connectivity index (χ1n) is 5.70. The summed E-state index contributed by atoms with van der Waals surface area (Å²) in [6.45, 7) is 2.53. The number of methoxy groups -OCH3 is 1. The fourth-order valence-corrected chi connectivity index (χ4v) is 2.26. The zero-order valence-corrected chi connectivity index (χ0v) is 11.2. The molecule has 0 amide bonds. The molecule has 1 fully saturated rings. The molecule has 4 nitrogen and oxygen atoms in total. The summed E-state index contributed by atoms with van der Waals surface area (Å²) in [6.07, 6.45) is 0. The Labute approximate surface area is 111 Å². The number of Topliss-reactive ketones (excluding diaryl/α,β-unsaturated/α-hetero) is 1. The number of carbonyl (C=O) groups excluding carboxylic acids is 1. The van der Waals surface area contributed by atoms with E-state index < -0.39 is 5.41 Å². The Balaban J connectivity index is 2.42. The third-order valence-electron chi connectivity index (χ3n) is 3.44. The molecule has 98 valence electrons. The number of ketones is 1. The standard InChI is InChI=1S/C13H16ClNO3/c1-13(7-18-6-11(13)15)12(16)9-5-8(14)3-4-10(9)17-2/h3-5,11H,6-7,15H2,1-2H3. The Morgan fingerprint density at radius 3 is 2.89 bits per heavy atom. The highest BCUT2D eigenvalue weighted by Gasteiger charge is 2.45. The lowest BCUT2D eigenvalue weighted by Crippen LogP contribution is -2.44. The number of rotatable bonds is 3. The summed E-state index contributed by atoms with van der Waals surface area (Å²) < 4.78 is 10.5. The van der Waals surface area contributed by atoms with Gasteiger partial charge in [0.1, 0.15) is 5.75 Å². The van der Waals surface area contributed by atoms with Gasteiger partial charge in [-0.15, -0.1) is 0 Å². The van der Waals surface area contributed by atoms with Gasteiger partial charge in [-0.1, -0.05) is 11.6 Å². The van der Waals surface area contributed by atoms with E-state index in [1.165, 1.54) is 7.11 Å². The van der Waals surface area contributed by atoms with Crippen molar-refractivity contribution < 1.29 is 14.3 Å². The molecule has 2 atom stereocenters. The smallest absolute Gasteiger partial charge is 0.176 e. The summed E-state index contributed by atoms with van der Waals surface area (Å²) in [6, 6.07) is 4.66. The average molecular weight is 270 g/mol. The summed E-state index contributed by atoms with van der Waals surface area (Å²) in [5.74, 6) is 0.413. The first kappa shape index (κ1) is 13.3. The van der Waals surface area contributed by atoms with Gasteiger partial charge in [-0.2, -0.15) is 0 Å². The highest BCUT2D eigenvalue weighted by atomic mass is 35.5. The molecule has 1 aromatic rings. The van der Waals surface area contributed by atoms with Gasteiger partial charge in [-0.05, 0) is 25.1 Å². The Morgan fingerprint density at radius 2 is 2.33 bits per heavy atom. The van der Waals surface area contributed by atoms with Crippen molar-refractivity contribution >= 4 is 17.4 Å². The highest BCUT2D eigenvalue weighted by Crippen LogP contribution is 2.35. The minimum absolute atomic E-state index is 0.0909. The number of benzene rings is 1. The fourth-order valence-electron chi connectivity index (χ4n) is 2.09. The zero-order valence-electron chi connectivity index (χ0n) is 10.4. The second-order valence-electron chi connectivity index (χ2n) is 4.71. The van der Waals surface area contributed by atoms with Gasteiger partial charge in [0.2, 0.25) is 0 Å². The SMILES string of the molecule is COc1ccc(Cl)cc1C(=O)C1(C)COCC1N. The monoisotopic (exact) mass is 269 g/mol. The van der Waals surface area contributed by atoms with Gasteiger partial charge >= 0.3 is 0 Å². The molecule has 0 bridgehead atoms. The van der Waals surface area contributed by atoms with Gasteiger partial charge in [0.25, 0.3) is 0 Å². The van der Waals surface area contributed by atoms with Crippen molar-refractivity contribution in [3.63, 3.8) is 0 Å². The third-order valence-corrected chi connectivity index (χ3v) is 3.68. The molecule has 2 N–H and O–H groups in total. The van der Waals surface area contributed by atoms with E-state index in [0.29, 0.717) is 29.5 Å².